The monoisotopic (exact) mass is 223 g/mol. The summed E-state index contributed by atoms with van der Waals surface area (Å²) < 4.78 is 0. The van der Waals surface area contributed by atoms with E-state index in [0.29, 0.717) is 5.25 Å². The van der Waals surface area contributed by atoms with E-state index in [1.165, 1.54) is 12.8 Å². The van der Waals surface area contributed by atoms with E-state index in [1.807, 2.05) is 31.7 Å². The van der Waals surface area contributed by atoms with Crippen LogP contribution in [0.1, 0.15) is 24.2 Å². The molecule has 1 aliphatic heterocycles. The molecule has 1 aliphatic rings. The Morgan fingerprint density at radius 2 is 2.07 bits per heavy atom. The summed E-state index contributed by atoms with van der Waals surface area (Å²) in [6.45, 7) is 6.29. The third kappa shape index (κ3) is 3.18. The smallest absolute Gasteiger partial charge is 0.188 e. The number of rotatable bonds is 2. The maximum atomic E-state index is 4.45. The first-order chi connectivity index (χ1) is 7.24. The average molecular weight is 223 g/mol. The standard InChI is InChI=1S/C11H17N3S/c1-8-6-9(2)14-11(13-8)15-10-4-3-5-12-7-10/h6,10,12H,3-5,7H2,1-2H3. The van der Waals surface area contributed by atoms with Crippen LogP contribution in [0.25, 0.3) is 0 Å². The van der Waals surface area contributed by atoms with Crippen LogP contribution in [0.15, 0.2) is 11.2 Å². The number of piperidine rings is 1. The van der Waals surface area contributed by atoms with E-state index in [0.717, 1.165) is 29.6 Å². The van der Waals surface area contributed by atoms with Gasteiger partial charge in [0.2, 0.25) is 0 Å². The van der Waals surface area contributed by atoms with Crippen LogP contribution in [-0.2, 0) is 0 Å². The molecular formula is C11H17N3S. The van der Waals surface area contributed by atoms with Gasteiger partial charge < -0.3 is 5.32 Å². The van der Waals surface area contributed by atoms with E-state index in [9.17, 15) is 0 Å². The van der Waals surface area contributed by atoms with Crippen molar-refractivity contribution in [2.45, 2.75) is 37.1 Å². The van der Waals surface area contributed by atoms with Crippen molar-refractivity contribution in [2.75, 3.05) is 13.1 Å². The van der Waals surface area contributed by atoms with Crippen molar-refractivity contribution in [1.82, 2.24) is 15.3 Å². The Kier molecular flexibility index (Phi) is 3.59. The van der Waals surface area contributed by atoms with E-state index < -0.39 is 0 Å². The first-order valence-electron chi connectivity index (χ1n) is 5.44. The molecule has 0 bridgehead atoms. The number of nitrogens with zero attached hydrogens (tertiary/aromatic N) is 2. The molecule has 3 nitrogen and oxygen atoms in total. The summed E-state index contributed by atoms with van der Waals surface area (Å²) in [6, 6.07) is 2.02. The average Bonchev–Trinajstić information content (AvgIpc) is 2.17. The molecular weight excluding hydrogens is 206 g/mol. The van der Waals surface area contributed by atoms with Gasteiger partial charge in [-0.25, -0.2) is 9.97 Å². The van der Waals surface area contributed by atoms with Crippen molar-refractivity contribution in [3.05, 3.63) is 17.5 Å². The van der Waals surface area contributed by atoms with Crippen LogP contribution in [0.2, 0.25) is 0 Å². The van der Waals surface area contributed by atoms with Gasteiger partial charge in [-0.1, -0.05) is 11.8 Å². The van der Waals surface area contributed by atoms with Gasteiger partial charge in [-0.05, 0) is 39.3 Å². The number of thioether (sulfide) groups is 1. The van der Waals surface area contributed by atoms with Crippen LogP contribution in [0, 0.1) is 13.8 Å². The summed E-state index contributed by atoms with van der Waals surface area (Å²) in [5, 5.41) is 4.98. The van der Waals surface area contributed by atoms with E-state index in [-0.39, 0.29) is 0 Å². The SMILES string of the molecule is Cc1cc(C)nc(SC2CCCNC2)n1. The maximum Gasteiger partial charge on any atom is 0.188 e. The topological polar surface area (TPSA) is 37.8 Å². The lowest BCUT2D eigenvalue weighted by Gasteiger charge is -2.21. The second kappa shape index (κ2) is 4.94. The van der Waals surface area contributed by atoms with Crippen LogP contribution >= 0.6 is 11.8 Å². The normalized spacial score (nSPS) is 21.6. The number of hydrogen-bond acceptors (Lipinski definition) is 4. The molecule has 0 radical (unpaired) electrons. The molecule has 0 saturated carbocycles. The molecule has 1 aromatic heterocycles. The van der Waals surface area contributed by atoms with Gasteiger partial charge in [-0.15, -0.1) is 0 Å². The highest BCUT2D eigenvalue weighted by Gasteiger charge is 2.15. The van der Waals surface area contributed by atoms with Crippen LogP contribution in [0.5, 0.6) is 0 Å². The van der Waals surface area contributed by atoms with Crippen molar-refractivity contribution < 1.29 is 0 Å². The van der Waals surface area contributed by atoms with Crippen molar-refractivity contribution in [1.29, 1.82) is 0 Å². The Morgan fingerprint density at radius 1 is 1.33 bits per heavy atom. The van der Waals surface area contributed by atoms with Gasteiger partial charge in [-0.2, -0.15) is 0 Å². The molecule has 1 unspecified atom stereocenters. The molecule has 1 atom stereocenters. The summed E-state index contributed by atoms with van der Waals surface area (Å²) in [6.07, 6.45) is 2.54. The third-order valence-electron chi connectivity index (χ3n) is 2.49. The predicted molar refractivity (Wildman–Crippen MR) is 63.3 cm³/mol. The summed E-state index contributed by atoms with van der Waals surface area (Å²) in [5.41, 5.74) is 2.13. The van der Waals surface area contributed by atoms with Crippen molar-refractivity contribution in [3.63, 3.8) is 0 Å². The number of hydrogen-bond donors (Lipinski definition) is 1. The molecule has 15 heavy (non-hydrogen) atoms. The molecule has 0 aromatic carbocycles. The molecule has 1 fully saturated rings. The zero-order valence-electron chi connectivity index (χ0n) is 9.29. The molecule has 2 heterocycles. The van der Waals surface area contributed by atoms with Gasteiger partial charge >= 0.3 is 0 Å². The van der Waals surface area contributed by atoms with Crippen molar-refractivity contribution in [2.24, 2.45) is 0 Å². The van der Waals surface area contributed by atoms with Crippen LogP contribution < -0.4 is 5.32 Å². The molecule has 2 rings (SSSR count). The summed E-state index contributed by atoms with van der Waals surface area (Å²) in [7, 11) is 0. The lowest BCUT2D eigenvalue weighted by Crippen LogP contribution is -2.31. The summed E-state index contributed by atoms with van der Waals surface area (Å²) in [4.78, 5) is 8.90. The maximum absolute atomic E-state index is 4.45. The van der Waals surface area contributed by atoms with Crippen LogP contribution in [0.4, 0.5) is 0 Å². The minimum absolute atomic E-state index is 0.639. The van der Waals surface area contributed by atoms with Gasteiger partial charge in [0.25, 0.3) is 0 Å². The fourth-order valence-corrected chi connectivity index (χ4v) is 2.99. The van der Waals surface area contributed by atoms with Gasteiger partial charge in [0.05, 0.1) is 0 Å². The van der Waals surface area contributed by atoms with Crippen molar-refractivity contribution >= 4 is 11.8 Å². The third-order valence-corrected chi connectivity index (χ3v) is 3.61. The quantitative estimate of drug-likeness (QED) is 0.778. The first-order valence-corrected chi connectivity index (χ1v) is 6.31. The highest BCUT2D eigenvalue weighted by atomic mass is 32.2. The van der Waals surface area contributed by atoms with E-state index in [4.69, 9.17) is 0 Å². The highest BCUT2D eigenvalue weighted by Crippen LogP contribution is 2.24. The summed E-state index contributed by atoms with van der Waals surface area (Å²) in [5.74, 6) is 0. The van der Waals surface area contributed by atoms with Gasteiger partial charge in [0.1, 0.15) is 0 Å². The lowest BCUT2D eigenvalue weighted by molar-refractivity contribution is 0.530. The Hall–Kier alpha value is -0.610. The summed E-state index contributed by atoms with van der Waals surface area (Å²) >= 11 is 1.81. The Morgan fingerprint density at radius 3 is 2.67 bits per heavy atom. The fraction of sp³-hybridized carbons (Fsp3) is 0.636. The number of nitrogens with one attached hydrogen (secondary N) is 1. The molecule has 1 saturated heterocycles. The van der Waals surface area contributed by atoms with E-state index >= 15 is 0 Å². The van der Waals surface area contributed by atoms with Crippen LogP contribution in [0.3, 0.4) is 0 Å². The molecule has 82 valence electrons. The molecule has 1 aromatic rings. The molecule has 0 amide bonds. The second-order valence-corrected chi connectivity index (χ2v) is 5.29. The largest absolute Gasteiger partial charge is 0.316 e. The van der Waals surface area contributed by atoms with Gasteiger partial charge in [0.15, 0.2) is 5.16 Å². The molecule has 1 N–H and O–H groups in total. The Bertz CT molecular complexity index is 314. The van der Waals surface area contributed by atoms with E-state index in [2.05, 4.69) is 15.3 Å². The zero-order valence-corrected chi connectivity index (χ0v) is 10.1. The predicted octanol–water partition coefficient (Wildman–Crippen LogP) is 1.94. The fourth-order valence-electron chi connectivity index (χ4n) is 1.82. The van der Waals surface area contributed by atoms with Crippen molar-refractivity contribution in [3.8, 4) is 0 Å². The minimum Gasteiger partial charge on any atom is -0.316 e. The van der Waals surface area contributed by atoms with Gasteiger partial charge in [0, 0.05) is 23.2 Å². The Labute approximate surface area is 95.1 Å². The van der Waals surface area contributed by atoms with Crippen LogP contribution in [-0.4, -0.2) is 28.3 Å². The number of aryl methyl sites for hydroxylation is 2. The molecule has 4 heteroatoms. The molecule has 0 aliphatic carbocycles. The Balaban J connectivity index is 2.02. The first kappa shape index (κ1) is 10.9. The van der Waals surface area contributed by atoms with Gasteiger partial charge in [-0.3, -0.25) is 0 Å². The number of aromatic nitrogens is 2. The van der Waals surface area contributed by atoms with E-state index in [1.54, 1.807) is 0 Å². The minimum atomic E-state index is 0.639. The second-order valence-electron chi connectivity index (χ2n) is 4.02. The lowest BCUT2D eigenvalue weighted by atomic mass is 10.2. The zero-order chi connectivity index (χ0) is 10.7. The molecule has 0 spiro atoms. The highest BCUT2D eigenvalue weighted by molar-refractivity contribution is 7.99.